The molecule has 0 fully saturated rings. The van der Waals surface area contributed by atoms with Gasteiger partial charge in [0.15, 0.2) is 6.04 Å². The number of carbonyl (C=O) groups is 2. The molecule has 21 heavy (non-hydrogen) atoms. The second-order valence-electron chi connectivity index (χ2n) is 4.86. The van der Waals surface area contributed by atoms with Crippen LogP contribution in [0.2, 0.25) is 0 Å². The minimum Gasteiger partial charge on any atom is -0.464 e. The van der Waals surface area contributed by atoms with Gasteiger partial charge in [-0.3, -0.25) is 4.79 Å². The maximum absolute atomic E-state index is 11.9. The van der Waals surface area contributed by atoms with Gasteiger partial charge in [-0.05, 0) is 26.6 Å². The second-order valence-corrected chi connectivity index (χ2v) is 4.86. The van der Waals surface area contributed by atoms with Gasteiger partial charge in [-0.2, -0.15) is 0 Å². The van der Waals surface area contributed by atoms with E-state index in [-0.39, 0.29) is 12.6 Å². The van der Waals surface area contributed by atoms with Crippen LogP contribution in [0.4, 0.5) is 0 Å². The van der Waals surface area contributed by atoms with Crippen molar-refractivity contribution in [3.8, 4) is 0 Å². The topological polar surface area (TPSA) is 84.7 Å². The number of carbonyl (C=O) groups excluding carboxylic acids is 2. The molecule has 0 radical (unpaired) electrons. The van der Waals surface area contributed by atoms with Gasteiger partial charge in [0.25, 0.3) is 0 Å². The Hall–Kier alpha value is -1.92. The molecule has 1 amide bonds. The van der Waals surface area contributed by atoms with Crippen molar-refractivity contribution in [2.75, 3.05) is 27.2 Å². The first-order valence-corrected chi connectivity index (χ1v) is 6.88. The molecule has 6 heteroatoms. The molecule has 116 valence electrons. The lowest BCUT2D eigenvalue weighted by Crippen LogP contribution is -2.48. The summed E-state index contributed by atoms with van der Waals surface area (Å²) >= 11 is 0. The number of nitrogens with zero attached hydrogens (tertiary/aromatic N) is 1. The van der Waals surface area contributed by atoms with Gasteiger partial charge in [0.05, 0.1) is 12.6 Å². The normalized spacial score (nSPS) is 13.6. The highest BCUT2D eigenvalue weighted by Crippen LogP contribution is 2.16. The minimum atomic E-state index is -1.29. The van der Waals surface area contributed by atoms with E-state index < -0.39 is 17.9 Å². The average molecular weight is 293 g/mol. The molecule has 0 bridgehead atoms. The van der Waals surface area contributed by atoms with Gasteiger partial charge in [0.1, 0.15) is 0 Å². The van der Waals surface area contributed by atoms with Gasteiger partial charge in [-0.25, -0.2) is 4.79 Å². The molecule has 0 saturated heterocycles. The zero-order chi connectivity index (χ0) is 15.8. The summed E-state index contributed by atoms with van der Waals surface area (Å²) in [6.45, 7) is 2.23. The zero-order valence-electron chi connectivity index (χ0n) is 12.7. The van der Waals surface area contributed by atoms with Crippen LogP contribution in [0.25, 0.3) is 0 Å². The van der Waals surface area contributed by atoms with Gasteiger partial charge >= 0.3 is 5.97 Å². The fraction of sp³-hybridized carbons (Fsp3) is 0.467. The van der Waals surface area contributed by atoms with Crippen molar-refractivity contribution in [2.45, 2.75) is 19.0 Å². The Morgan fingerprint density at radius 2 is 1.90 bits per heavy atom. The standard InChI is InChI=1S/C15H23N3O3/c1-4-21-15(20)13(16)14(19)17-10-12(18(2)3)11-8-6-5-7-9-11/h5-9,12-13H,4,10,16H2,1-3H3,(H,17,19). The SMILES string of the molecule is CCOC(=O)C(N)C(=O)NCC(c1ccccc1)N(C)C. The molecule has 0 aliphatic carbocycles. The van der Waals surface area contributed by atoms with Crippen molar-refractivity contribution in [2.24, 2.45) is 5.73 Å². The molecule has 6 nitrogen and oxygen atoms in total. The van der Waals surface area contributed by atoms with Crippen LogP contribution < -0.4 is 11.1 Å². The molecule has 2 atom stereocenters. The molecule has 0 aromatic heterocycles. The molecule has 0 aliphatic rings. The van der Waals surface area contributed by atoms with Crippen molar-refractivity contribution in [3.05, 3.63) is 35.9 Å². The Bertz CT molecular complexity index is 462. The van der Waals surface area contributed by atoms with Crippen molar-refractivity contribution in [3.63, 3.8) is 0 Å². The summed E-state index contributed by atoms with van der Waals surface area (Å²) in [6.07, 6.45) is 0. The minimum absolute atomic E-state index is 0.00421. The molecule has 0 aliphatic heterocycles. The van der Waals surface area contributed by atoms with Crippen LogP contribution in [-0.4, -0.2) is 50.1 Å². The van der Waals surface area contributed by atoms with Gasteiger partial charge in [0, 0.05) is 6.54 Å². The lowest BCUT2D eigenvalue weighted by atomic mass is 10.1. The Labute approximate surface area is 125 Å². The molecule has 0 heterocycles. The number of nitrogens with one attached hydrogen (secondary N) is 1. The summed E-state index contributed by atoms with van der Waals surface area (Å²) in [7, 11) is 3.85. The van der Waals surface area contributed by atoms with Gasteiger partial charge in [-0.1, -0.05) is 30.3 Å². The molecule has 1 aromatic rings. The summed E-state index contributed by atoms with van der Waals surface area (Å²) in [5.41, 5.74) is 6.62. The van der Waals surface area contributed by atoms with Gasteiger partial charge < -0.3 is 20.7 Å². The van der Waals surface area contributed by atoms with E-state index in [0.29, 0.717) is 6.54 Å². The monoisotopic (exact) mass is 293 g/mol. The first-order chi connectivity index (χ1) is 9.97. The summed E-state index contributed by atoms with van der Waals surface area (Å²) in [5.74, 6) is -1.24. The number of rotatable bonds is 7. The smallest absolute Gasteiger partial charge is 0.332 e. The van der Waals surface area contributed by atoms with Gasteiger partial charge in [-0.15, -0.1) is 0 Å². The maximum Gasteiger partial charge on any atom is 0.332 e. The third-order valence-corrected chi connectivity index (χ3v) is 3.10. The van der Waals surface area contributed by atoms with E-state index in [0.717, 1.165) is 5.56 Å². The third-order valence-electron chi connectivity index (χ3n) is 3.10. The Kier molecular flexibility index (Phi) is 6.84. The first kappa shape index (κ1) is 17.1. The highest BCUT2D eigenvalue weighted by molar-refractivity contribution is 6.01. The number of esters is 1. The fourth-order valence-electron chi connectivity index (χ4n) is 1.92. The van der Waals surface area contributed by atoms with Crippen LogP contribution in [0.3, 0.4) is 0 Å². The van der Waals surface area contributed by atoms with Crippen LogP contribution in [0.1, 0.15) is 18.5 Å². The van der Waals surface area contributed by atoms with Gasteiger partial charge in [0.2, 0.25) is 5.91 Å². The Morgan fingerprint density at radius 1 is 1.29 bits per heavy atom. The predicted molar refractivity (Wildman–Crippen MR) is 80.5 cm³/mol. The van der Waals surface area contributed by atoms with Crippen molar-refractivity contribution in [1.82, 2.24) is 10.2 Å². The van der Waals surface area contributed by atoms with E-state index in [2.05, 4.69) is 5.32 Å². The third kappa shape index (κ3) is 5.17. The molecule has 3 N–H and O–H groups in total. The van der Waals surface area contributed by atoms with E-state index in [9.17, 15) is 9.59 Å². The van der Waals surface area contributed by atoms with E-state index in [1.165, 1.54) is 0 Å². The van der Waals surface area contributed by atoms with Crippen LogP contribution in [0, 0.1) is 0 Å². The van der Waals surface area contributed by atoms with Crippen LogP contribution in [-0.2, 0) is 14.3 Å². The number of likely N-dealkylation sites (N-methyl/N-ethyl adjacent to an activating group) is 1. The molecular formula is C15H23N3O3. The zero-order valence-corrected chi connectivity index (χ0v) is 12.7. The fourth-order valence-corrected chi connectivity index (χ4v) is 1.92. The first-order valence-electron chi connectivity index (χ1n) is 6.88. The molecular weight excluding hydrogens is 270 g/mol. The quantitative estimate of drug-likeness (QED) is 0.558. The molecule has 0 saturated carbocycles. The molecule has 1 rings (SSSR count). The van der Waals surface area contributed by atoms with Crippen LogP contribution in [0.5, 0.6) is 0 Å². The van der Waals surface area contributed by atoms with E-state index >= 15 is 0 Å². The van der Waals surface area contributed by atoms with Crippen LogP contribution >= 0.6 is 0 Å². The largest absolute Gasteiger partial charge is 0.464 e. The maximum atomic E-state index is 11.9. The number of nitrogens with two attached hydrogens (primary N) is 1. The number of amides is 1. The summed E-state index contributed by atoms with van der Waals surface area (Å²) in [4.78, 5) is 25.3. The second kappa shape index (κ2) is 8.39. The highest BCUT2D eigenvalue weighted by atomic mass is 16.5. The average Bonchev–Trinajstić information content (AvgIpc) is 2.47. The molecule has 2 unspecified atom stereocenters. The number of ether oxygens (including phenoxy) is 1. The molecule has 0 spiro atoms. The number of hydrogen-bond acceptors (Lipinski definition) is 5. The Morgan fingerprint density at radius 3 is 2.43 bits per heavy atom. The van der Waals surface area contributed by atoms with E-state index in [1.54, 1.807) is 6.92 Å². The van der Waals surface area contributed by atoms with Crippen molar-refractivity contribution in [1.29, 1.82) is 0 Å². The summed E-state index contributed by atoms with van der Waals surface area (Å²) < 4.78 is 4.73. The number of hydrogen-bond donors (Lipinski definition) is 2. The highest BCUT2D eigenvalue weighted by Gasteiger charge is 2.24. The summed E-state index contributed by atoms with van der Waals surface area (Å²) in [5, 5.41) is 2.70. The molecule has 1 aromatic carbocycles. The van der Waals surface area contributed by atoms with E-state index in [1.807, 2.05) is 49.3 Å². The number of benzene rings is 1. The summed E-state index contributed by atoms with van der Waals surface area (Å²) in [6, 6.07) is 8.51. The van der Waals surface area contributed by atoms with Crippen molar-refractivity contribution >= 4 is 11.9 Å². The van der Waals surface area contributed by atoms with Crippen molar-refractivity contribution < 1.29 is 14.3 Å². The Balaban J connectivity index is 2.62. The predicted octanol–water partition coefficient (Wildman–Crippen LogP) is 0.296. The van der Waals surface area contributed by atoms with Crippen LogP contribution in [0.15, 0.2) is 30.3 Å². The lowest BCUT2D eigenvalue weighted by molar-refractivity contribution is -0.148. The van der Waals surface area contributed by atoms with E-state index in [4.69, 9.17) is 10.5 Å². The lowest BCUT2D eigenvalue weighted by Gasteiger charge is -2.25.